The lowest BCUT2D eigenvalue weighted by molar-refractivity contribution is -0.384. The lowest BCUT2D eigenvalue weighted by Gasteiger charge is -2.35. The second kappa shape index (κ2) is 11.2. The van der Waals surface area contributed by atoms with Gasteiger partial charge in [-0.1, -0.05) is 17.3 Å². The number of phenolic OH excluding ortho intramolecular Hbond substituents is 1. The van der Waals surface area contributed by atoms with E-state index in [0.717, 1.165) is 44.0 Å². The first kappa shape index (κ1) is 29.0. The average molecular weight is 610 g/mol. The van der Waals surface area contributed by atoms with Gasteiger partial charge in [0, 0.05) is 45.0 Å². The van der Waals surface area contributed by atoms with E-state index in [0.29, 0.717) is 28.5 Å². The summed E-state index contributed by atoms with van der Waals surface area (Å²) in [7, 11) is 1.54. The van der Waals surface area contributed by atoms with E-state index in [1.807, 2.05) is 30.5 Å². The third kappa shape index (κ3) is 5.28. The number of anilines is 1. The molecule has 0 saturated heterocycles. The highest BCUT2D eigenvalue weighted by molar-refractivity contribution is 7.11. The molecule has 3 aromatic carbocycles. The Bertz CT molecular complexity index is 1890. The van der Waals surface area contributed by atoms with Crippen molar-refractivity contribution in [2.45, 2.75) is 39.8 Å². The highest BCUT2D eigenvalue weighted by Crippen LogP contribution is 2.54. The Morgan fingerprint density at radius 2 is 1.89 bits per heavy atom. The van der Waals surface area contributed by atoms with Crippen LogP contribution in [-0.2, 0) is 11.4 Å². The second-order valence-corrected chi connectivity index (χ2v) is 12.2. The van der Waals surface area contributed by atoms with E-state index in [1.54, 1.807) is 35.6 Å². The number of hydrogen-bond donors (Lipinski definition) is 2. The minimum absolute atomic E-state index is 0.0280. The Hall–Kier alpha value is -5.09. The molecule has 2 aliphatic rings. The molecule has 0 radical (unpaired) electrons. The van der Waals surface area contributed by atoms with Gasteiger partial charge in [-0.25, -0.2) is 0 Å². The van der Waals surface area contributed by atoms with Crippen molar-refractivity contribution in [3.8, 4) is 28.4 Å². The van der Waals surface area contributed by atoms with Crippen molar-refractivity contribution >= 4 is 45.8 Å². The Balaban J connectivity index is 1.40. The molecule has 10 heteroatoms. The summed E-state index contributed by atoms with van der Waals surface area (Å²) in [5, 5.41) is 31.5. The molecule has 3 heterocycles. The molecule has 6 rings (SSSR count). The molecule has 44 heavy (non-hydrogen) atoms. The van der Waals surface area contributed by atoms with Gasteiger partial charge in [-0.15, -0.1) is 11.3 Å². The number of nitro groups is 1. The Labute approximate surface area is 258 Å². The maximum Gasteiger partial charge on any atom is 0.269 e. The number of allylic oxidation sites excluding steroid dienone is 1. The number of phenols is 1. The normalized spacial score (nSPS) is 15.7. The van der Waals surface area contributed by atoms with E-state index >= 15 is 0 Å². The number of hydrogen-bond acceptors (Lipinski definition) is 9. The van der Waals surface area contributed by atoms with Crippen LogP contribution in [-0.4, -0.2) is 28.4 Å². The summed E-state index contributed by atoms with van der Waals surface area (Å²) in [6.45, 7) is 8.42. The quantitative estimate of drug-likeness (QED) is 0.123. The molecular formula is C34H31N3O6S. The number of rotatable bonds is 7. The van der Waals surface area contributed by atoms with E-state index in [4.69, 9.17) is 14.3 Å². The van der Waals surface area contributed by atoms with Crippen LogP contribution in [0.25, 0.3) is 28.5 Å². The molecule has 224 valence electrons. The summed E-state index contributed by atoms with van der Waals surface area (Å²) in [5.41, 5.74) is 7.78. The predicted molar refractivity (Wildman–Crippen MR) is 174 cm³/mol. The molecule has 0 unspecified atom stereocenters. The second-order valence-electron chi connectivity index (χ2n) is 11.3. The first-order valence-corrected chi connectivity index (χ1v) is 14.9. The minimum Gasteiger partial charge on any atom is -0.504 e. The fourth-order valence-electron chi connectivity index (χ4n) is 5.77. The number of oxime groups is 1. The number of non-ortho nitro benzene ring substituents is 1. The molecule has 9 nitrogen and oxygen atoms in total. The standard InChI is InChI=1S/C34H31N3O6S/c1-19-17-34(3,4)35-25-11-10-24-31(30(19)25)28(43-27-13-12-26(38)33(41-5)32(24)27)16-29-23(14-15-44-29)20(2)36-42-18-21-6-8-22(9-7-21)37(39)40/h6-17,35,38H,18H2,1-5H3/b28-16-,36-20+. The van der Waals surface area contributed by atoms with Gasteiger partial charge >= 0.3 is 0 Å². The summed E-state index contributed by atoms with van der Waals surface area (Å²) in [6, 6.07) is 15.6. The molecule has 2 aliphatic heterocycles. The maximum absolute atomic E-state index is 10.9. The first-order chi connectivity index (χ1) is 21.1. The SMILES string of the molecule is COc1c(O)ccc2c1-c1ccc3c(c1/C(=C/c1sccc1/C(C)=N/OCc1ccc([N+](=O)[O-])cc1)O2)C(C)=CC(C)(C)N3. The number of thiophene rings is 1. The number of nitro benzene ring substituents is 1. The van der Waals surface area contributed by atoms with Crippen molar-refractivity contribution in [1.29, 1.82) is 0 Å². The Morgan fingerprint density at radius 3 is 2.61 bits per heavy atom. The van der Waals surface area contributed by atoms with Gasteiger partial charge in [0.05, 0.1) is 28.8 Å². The number of nitrogens with zero attached hydrogens (tertiary/aromatic N) is 2. The zero-order chi connectivity index (χ0) is 31.2. The molecule has 0 fully saturated rings. The van der Waals surface area contributed by atoms with Crippen molar-refractivity contribution in [1.82, 2.24) is 0 Å². The molecule has 0 spiro atoms. The minimum atomic E-state index is -0.433. The number of aromatic hydroxyl groups is 1. The topological polar surface area (TPSA) is 115 Å². The third-order valence-electron chi connectivity index (χ3n) is 7.60. The fourth-order valence-corrected chi connectivity index (χ4v) is 6.63. The highest BCUT2D eigenvalue weighted by atomic mass is 32.1. The van der Waals surface area contributed by atoms with Crippen molar-refractivity contribution in [2.24, 2.45) is 5.16 Å². The lowest BCUT2D eigenvalue weighted by atomic mass is 9.83. The summed E-state index contributed by atoms with van der Waals surface area (Å²) < 4.78 is 12.2. The number of nitrogens with one attached hydrogen (secondary N) is 1. The van der Waals surface area contributed by atoms with Crippen LogP contribution in [0.2, 0.25) is 0 Å². The number of fused-ring (bicyclic) bond motifs is 5. The first-order valence-electron chi connectivity index (χ1n) is 14.0. The third-order valence-corrected chi connectivity index (χ3v) is 8.46. The predicted octanol–water partition coefficient (Wildman–Crippen LogP) is 8.48. The molecule has 0 bridgehead atoms. The molecule has 2 N–H and O–H groups in total. The van der Waals surface area contributed by atoms with Crippen molar-refractivity contribution in [3.05, 3.63) is 103 Å². The van der Waals surface area contributed by atoms with E-state index < -0.39 is 4.92 Å². The van der Waals surface area contributed by atoms with Crippen LogP contribution in [0.1, 0.15) is 54.8 Å². The van der Waals surface area contributed by atoms with E-state index in [9.17, 15) is 15.2 Å². The number of ether oxygens (including phenoxy) is 2. The van der Waals surface area contributed by atoms with Crippen LogP contribution < -0.4 is 14.8 Å². The van der Waals surface area contributed by atoms with Crippen LogP contribution in [0, 0.1) is 10.1 Å². The zero-order valence-electron chi connectivity index (χ0n) is 24.9. The Morgan fingerprint density at radius 1 is 1.11 bits per heavy atom. The van der Waals surface area contributed by atoms with Crippen LogP contribution in [0.5, 0.6) is 17.2 Å². The molecule has 0 aliphatic carbocycles. The molecular weight excluding hydrogens is 578 g/mol. The van der Waals surface area contributed by atoms with E-state index in [2.05, 4.69) is 43.4 Å². The van der Waals surface area contributed by atoms with Gasteiger partial charge in [0.2, 0.25) is 0 Å². The maximum atomic E-state index is 10.9. The molecule has 1 aromatic heterocycles. The van der Waals surface area contributed by atoms with Gasteiger partial charge in [-0.3, -0.25) is 10.1 Å². The van der Waals surface area contributed by atoms with Crippen LogP contribution in [0.3, 0.4) is 0 Å². The summed E-state index contributed by atoms with van der Waals surface area (Å²) >= 11 is 1.56. The summed E-state index contributed by atoms with van der Waals surface area (Å²) in [6.07, 6.45) is 4.22. The highest BCUT2D eigenvalue weighted by Gasteiger charge is 2.33. The van der Waals surface area contributed by atoms with Crippen molar-refractivity contribution in [2.75, 3.05) is 12.4 Å². The molecule has 0 amide bonds. The molecule has 0 saturated carbocycles. The van der Waals surface area contributed by atoms with Gasteiger partial charge in [0.25, 0.3) is 5.69 Å². The van der Waals surface area contributed by atoms with Gasteiger partial charge in [0.15, 0.2) is 11.5 Å². The van der Waals surface area contributed by atoms with Gasteiger partial charge in [-0.2, -0.15) is 0 Å². The van der Waals surface area contributed by atoms with Gasteiger partial charge < -0.3 is 24.7 Å². The van der Waals surface area contributed by atoms with Crippen molar-refractivity contribution < 1.29 is 24.3 Å². The summed E-state index contributed by atoms with van der Waals surface area (Å²) in [4.78, 5) is 17.0. The number of benzene rings is 3. The van der Waals surface area contributed by atoms with Gasteiger partial charge in [-0.05, 0) is 86.7 Å². The monoisotopic (exact) mass is 609 g/mol. The fraction of sp³-hybridized carbons (Fsp3) is 0.206. The molecule has 4 aromatic rings. The van der Waals surface area contributed by atoms with Gasteiger partial charge in [0.1, 0.15) is 18.1 Å². The smallest absolute Gasteiger partial charge is 0.269 e. The largest absolute Gasteiger partial charge is 0.504 e. The number of methoxy groups -OCH3 is 1. The van der Waals surface area contributed by atoms with E-state index in [1.165, 1.54) is 19.2 Å². The summed E-state index contributed by atoms with van der Waals surface area (Å²) in [5.74, 6) is 1.64. The van der Waals surface area contributed by atoms with Crippen LogP contribution >= 0.6 is 11.3 Å². The van der Waals surface area contributed by atoms with Crippen LogP contribution in [0.15, 0.2) is 71.2 Å². The zero-order valence-corrected chi connectivity index (χ0v) is 25.7. The van der Waals surface area contributed by atoms with E-state index in [-0.39, 0.29) is 23.6 Å². The van der Waals surface area contributed by atoms with Crippen LogP contribution in [0.4, 0.5) is 11.4 Å². The Kier molecular flexibility index (Phi) is 7.38. The molecule has 0 atom stereocenters. The van der Waals surface area contributed by atoms with Crippen molar-refractivity contribution in [3.63, 3.8) is 0 Å². The average Bonchev–Trinajstić information content (AvgIpc) is 3.45. The lowest BCUT2D eigenvalue weighted by Crippen LogP contribution is -2.32.